The summed E-state index contributed by atoms with van der Waals surface area (Å²) >= 11 is 0. The molecule has 0 aliphatic carbocycles. The molecular formula is C13H14F3NO4. The molecule has 2 N–H and O–H groups in total. The first-order valence-electron chi connectivity index (χ1n) is 5.99. The molecule has 2 atom stereocenters. The van der Waals surface area contributed by atoms with Crippen LogP contribution < -0.4 is 10.1 Å². The molecule has 2 unspecified atom stereocenters. The van der Waals surface area contributed by atoms with Gasteiger partial charge in [-0.3, -0.25) is 9.59 Å². The third kappa shape index (κ3) is 5.33. The number of anilines is 1. The molecule has 0 spiro atoms. The Balaban J connectivity index is 2.67. The molecule has 0 aromatic heterocycles. The summed E-state index contributed by atoms with van der Waals surface area (Å²) in [5, 5.41) is 11.2. The quantitative estimate of drug-likeness (QED) is 0.877. The first-order chi connectivity index (χ1) is 9.60. The van der Waals surface area contributed by atoms with Gasteiger partial charge in [0, 0.05) is 11.6 Å². The first-order valence-corrected chi connectivity index (χ1v) is 5.99. The Morgan fingerprint density at radius 1 is 1.14 bits per heavy atom. The maximum Gasteiger partial charge on any atom is 0.573 e. The Bertz CT molecular complexity index is 513. The summed E-state index contributed by atoms with van der Waals surface area (Å²) in [6.07, 6.45) is -4.78. The maximum absolute atomic E-state index is 12.0. The molecule has 1 amide bonds. The molecule has 1 aromatic carbocycles. The SMILES string of the molecule is CC(C(=O)O)C(C)C(=O)Nc1ccc(OC(F)(F)F)cc1. The summed E-state index contributed by atoms with van der Waals surface area (Å²) in [4.78, 5) is 22.6. The predicted molar refractivity (Wildman–Crippen MR) is 67.7 cm³/mol. The standard InChI is InChI=1S/C13H14F3NO4/c1-7(8(2)12(19)20)11(18)17-9-3-5-10(6-4-9)21-13(14,15)16/h3-8H,1-2H3,(H,17,18)(H,19,20). The minimum Gasteiger partial charge on any atom is -0.481 e. The summed E-state index contributed by atoms with van der Waals surface area (Å²) in [5.41, 5.74) is 0.249. The lowest BCUT2D eigenvalue weighted by Gasteiger charge is -2.16. The monoisotopic (exact) mass is 305 g/mol. The highest BCUT2D eigenvalue weighted by atomic mass is 19.4. The highest BCUT2D eigenvalue weighted by Crippen LogP contribution is 2.24. The molecule has 1 rings (SSSR count). The lowest BCUT2D eigenvalue weighted by Crippen LogP contribution is -2.29. The van der Waals surface area contributed by atoms with Gasteiger partial charge in [-0.15, -0.1) is 13.2 Å². The second-order valence-corrected chi connectivity index (χ2v) is 4.48. The van der Waals surface area contributed by atoms with Crippen molar-refractivity contribution in [2.75, 3.05) is 5.32 Å². The fraction of sp³-hybridized carbons (Fsp3) is 0.385. The highest BCUT2D eigenvalue weighted by molar-refractivity contribution is 5.94. The number of amides is 1. The van der Waals surface area contributed by atoms with E-state index in [1.54, 1.807) is 0 Å². The second kappa shape index (κ2) is 6.47. The molecule has 0 saturated carbocycles. The molecule has 8 heteroatoms. The van der Waals surface area contributed by atoms with Crippen molar-refractivity contribution >= 4 is 17.6 Å². The summed E-state index contributed by atoms with van der Waals surface area (Å²) in [6, 6.07) is 4.57. The minimum atomic E-state index is -4.78. The molecule has 0 radical (unpaired) electrons. The Morgan fingerprint density at radius 2 is 1.67 bits per heavy atom. The van der Waals surface area contributed by atoms with E-state index in [2.05, 4.69) is 10.1 Å². The van der Waals surface area contributed by atoms with Gasteiger partial charge in [-0.25, -0.2) is 0 Å². The fourth-order valence-corrected chi connectivity index (χ4v) is 1.44. The molecule has 5 nitrogen and oxygen atoms in total. The van der Waals surface area contributed by atoms with E-state index < -0.39 is 35.8 Å². The van der Waals surface area contributed by atoms with Gasteiger partial charge in [0.05, 0.1) is 5.92 Å². The van der Waals surface area contributed by atoms with Crippen molar-refractivity contribution in [3.05, 3.63) is 24.3 Å². The number of hydrogen-bond acceptors (Lipinski definition) is 3. The van der Waals surface area contributed by atoms with E-state index in [-0.39, 0.29) is 5.69 Å². The van der Waals surface area contributed by atoms with Crippen LogP contribution in [0.3, 0.4) is 0 Å². The second-order valence-electron chi connectivity index (χ2n) is 4.48. The number of carbonyl (C=O) groups excluding carboxylic acids is 1. The van der Waals surface area contributed by atoms with Crippen molar-refractivity contribution in [3.63, 3.8) is 0 Å². The van der Waals surface area contributed by atoms with Crippen LogP contribution in [0.1, 0.15) is 13.8 Å². The summed E-state index contributed by atoms with van der Waals surface area (Å²) in [5.74, 6) is -3.71. The van der Waals surface area contributed by atoms with E-state index in [9.17, 15) is 22.8 Å². The van der Waals surface area contributed by atoms with Gasteiger partial charge in [0.1, 0.15) is 5.75 Å². The van der Waals surface area contributed by atoms with Crippen LogP contribution in [0.4, 0.5) is 18.9 Å². The van der Waals surface area contributed by atoms with Crippen LogP contribution >= 0.6 is 0 Å². The maximum atomic E-state index is 12.0. The van der Waals surface area contributed by atoms with Crippen LogP contribution in [0.2, 0.25) is 0 Å². The van der Waals surface area contributed by atoms with Crippen molar-refractivity contribution in [2.24, 2.45) is 11.8 Å². The Labute approximate surface area is 118 Å². The molecule has 21 heavy (non-hydrogen) atoms. The van der Waals surface area contributed by atoms with Gasteiger partial charge in [0.2, 0.25) is 5.91 Å². The first kappa shape index (κ1) is 16.8. The topological polar surface area (TPSA) is 75.6 Å². The zero-order valence-corrected chi connectivity index (χ0v) is 11.3. The third-order valence-corrected chi connectivity index (χ3v) is 2.91. The minimum absolute atomic E-state index is 0.249. The van der Waals surface area contributed by atoms with E-state index in [0.717, 1.165) is 12.1 Å². The van der Waals surface area contributed by atoms with Crippen molar-refractivity contribution in [1.82, 2.24) is 0 Å². The summed E-state index contributed by atoms with van der Waals surface area (Å²) in [6.45, 7) is 2.85. The normalized spacial score (nSPS) is 14.1. The van der Waals surface area contributed by atoms with Crippen molar-refractivity contribution in [2.45, 2.75) is 20.2 Å². The van der Waals surface area contributed by atoms with Gasteiger partial charge in [0.25, 0.3) is 0 Å². The largest absolute Gasteiger partial charge is 0.573 e. The van der Waals surface area contributed by atoms with Gasteiger partial charge >= 0.3 is 12.3 Å². The lowest BCUT2D eigenvalue weighted by molar-refractivity contribution is -0.274. The number of alkyl halides is 3. The number of carboxylic acid groups (broad SMARTS) is 1. The average molecular weight is 305 g/mol. The van der Waals surface area contributed by atoms with Gasteiger partial charge < -0.3 is 15.2 Å². The van der Waals surface area contributed by atoms with Gasteiger partial charge in [-0.05, 0) is 24.3 Å². The van der Waals surface area contributed by atoms with E-state index in [4.69, 9.17) is 5.11 Å². The third-order valence-electron chi connectivity index (χ3n) is 2.91. The number of benzene rings is 1. The van der Waals surface area contributed by atoms with E-state index >= 15 is 0 Å². The lowest BCUT2D eigenvalue weighted by atomic mass is 9.95. The van der Waals surface area contributed by atoms with E-state index in [0.29, 0.717) is 0 Å². The number of aliphatic carboxylic acids is 1. The number of carbonyl (C=O) groups is 2. The zero-order valence-electron chi connectivity index (χ0n) is 11.3. The van der Waals surface area contributed by atoms with Gasteiger partial charge in [0.15, 0.2) is 0 Å². The van der Waals surface area contributed by atoms with Crippen LogP contribution in [-0.2, 0) is 9.59 Å². The fourth-order valence-electron chi connectivity index (χ4n) is 1.44. The Hall–Kier alpha value is -2.25. The van der Waals surface area contributed by atoms with Crippen molar-refractivity contribution < 1.29 is 32.6 Å². The van der Waals surface area contributed by atoms with Gasteiger partial charge in [-0.2, -0.15) is 0 Å². The van der Waals surface area contributed by atoms with Crippen molar-refractivity contribution in [1.29, 1.82) is 0 Å². The Kier molecular flexibility index (Phi) is 5.17. The summed E-state index contributed by atoms with van der Waals surface area (Å²) in [7, 11) is 0. The molecule has 0 saturated heterocycles. The van der Waals surface area contributed by atoms with Crippen LogP contribution in [0, 0.1) is 11.8 Å². The molecule has 0 aliphatic rings. The smallest absolute Gasteiger partial charge is 0.481 e. The molecule has 1 aromatic rings. The molecule has 0 bridgehead atoms. The van der Waals surface area contributed by atoms with Crippen LogP contribution in [0.15, 0.2) is 24.3 Å². The van der Waals surface area contributed by atoms with Crippen molar-refractivity contribution in [3.8, 4) is 5.75 Å². The number of hydrogen-bond donors (Lipinski definition) is 2. The van der Waals surface area contributed by atoms with Crippen LogP contribution in [-0.4, -0.2) is 23.3 Å². The van der Waals surface area contributed by atoms with E-state index in [1.165, 1.54) is 26.0 Å². The number of halogens is 3. The zero-order chi connectivity index (χ0) is 16.2. The van der Waals surface area contributed by atoms with E-state index in [1.807, 2.05) is 0 Å². The number of nitrogens with one attached hydrogen (secondary N) is 1. The average Bonchev–Trinajstić information content (AvgIpc) is 2.37. The summed E-state index contributed by atoms with van der Waals surface area (Å²) < 4.78 is 39.6. The molecular weight excluding hydrogens is 291 g/mol. The molecule has 0 aliphatic heterocycles. The molecule has 0 fully saturated rings. The number of rotatable bonds is 5. The number of carboxylic acids is 1. The number of ether oxygens (including phenoxy) is 1. The van der Waals surface area contributed by atoms with Gasteiger partial charge in [-0.1, -0.05) is 13.8 Å². The molecule has 116 valence electrons. The molecule has 0 heterocycles. The van der Waals surface area contributed by atoms with Crippen LogP contribution in [0.25, 0.3) is 0 Å². The Morgan fingerprint density at radius 3 is 2.10 bits per heavy atom. The highest BCUT2D eigenvalue weighted by Gasteiger charge is 2.31. The predicted octanol–water partition coefficient (Wildman–Crippen LogP) is 2.88. The van der Waals surface area contributed by atoms with Crippen LogP contribution in [0.5, 0.6) is 5.75 Å².